The van der Waals surface area contributed by atoms with E-state index in [1.165, 1.54) is 4.57 Å². The van der Waals surface area contributed by atoms with E-state index in [1.54, 1.807) is 38.8 Å². The Hall–Kier alpha value is -2.68. The fourth-order valence-electron chi connectivity index (χ4n) is 2.45. The summed E-state index contributed by atoms with van der Waals surface area (Å²) in [7, 11) is 3.26. The van der Waals surface area contributed by atoms with Crippen LogP contribution in [0.25, 0.3) is 0 Å². The van der Waals surface area contributed by atoms with Crippen LogP contribution >= 0.6 is 0 Å². The van der Waals surface area contributed by atoms with Crippen LogP contribution in [0.3, 0.4) is 0 Å². The molecule has 9 heteroatoms. The molecule has 1 saturated heterocycles. The summed E-state index contributed by atoms with van der Waals surface area (Å²) in [5.41, 5.74) is -0.165. The van der Waals surface area contributed by atoms with Gasteiger partial charge in [-0.25, -0.2) is 9.97 Å². The van der Waals surface area contributed by atoms with Gasteiger partial charge in [0.25, 0.3) is 5.56 Å². The molecule has 9 nitrogen and oxygen atoms in total. The van der Waals surface area contributed by atoms with E-state index in [0.717, 1.165) is 0 Å². The van der Waals surface area contributed by atoms with Gasteiger partial charge < -0.3 is 24.3 Å². The molecule has 24 heavy (non-hydrogen) atoms. The summed E-state index contributed by atoms with van der Waals surface area (Å²) in [6.07, 6.45) is 4.77. The third-order valence-corrected chi connectivity index (χ3v) is 3.76. The van der Waals surface area contributed by atoms with Crippen molar-refractivity contribution >= 4 is 11.8 Å². The zero-order chi connectivity index (χ0) is 16.9. The lowest BCUT2D eigenvalue weighted by Crippen LogP contribution is -2.46. The number of hydrogen-bond donors (Lipinski definition) is 1. The van der Waals surface area contributed by atoms with Crippen molar-refractivity contribution in [3.8, 4) is 5.88 Å². The van der Waals surface area contributed by atoms with Gasteiger partial charge in [0, 0.05) is 51.3 Å². The summed E-state index contributed by atoms with van der Waals surface area (Å²) in [6.45, 7) is 2.36. The number of ether oxygens (including phenoxy) is 2. The quantitative estimate of drug-likeness (QED) is 0.811. The number of rotatable bonds is 5. The van der Waals surface area contributed by atoms with Crippen molar-refractivity contribution in [2.75, 3.05) is 43.6 Å². The van der Waals surface area contributed by atoms with Crippen LogP contribution in [0.2, 0.25) is 0 Å². The maximum absolute atomic E-state index is 12.0. The molecule has 0 unspecified atom stereocenters. The first kappa shape index (κ1) is 16.2. The standard InChI is InChI=1S/C15H20N6O3/c1-20-6-5-16-13(14(20)22)18-9-11-10-21(7-8-24-11)15-17-4-3-12(19-15)23-2/h3-6,11H,7-10H2,1-2H3,(H,16,18)/t11-/m0/s1. The van der Waals surface area contributed by atoms with Crippen LogP contribution < -0.4 is 20.5 Å². The molecule has 2 aromatic heterocycles. The van der Waals surface area contributed by atoms with Crippen molar-refractivity contribution in [2.45, 2.75) is 6.10 Å². The highest BCUT2D eigenvalue weighted by atomic mass is 16.5. The van der Waals surface area contributed by atoms with E-state index in [2.05, 4.69) is 20.3 Å². The molecule has 128 valence electrons. The summed E-state index contributed by atoms with van der Waals surface area (Å²) in [5, 5.41) is 3.06. The Morgan fingerprint density at radius 1 is 1.42 bits per heavy atom. The molecule has 0 spiro atoms. The molecule has 0 radical (unpaired) electrons. The fourth-order valence-corrected chi connectivity index (χ4v) is 2.45. The van der Waals surface area contributed by atoms with Gasteiger partial charge >= 0.3 is 0 Å². The first-order valence-corrected chi connectivity index (χ1v) is 7.66. The van der Waals surface area contributed by atoms with E-state index >= 15 is 0 Å². The average molecular weight is 332 g/mol. The summed E-state index contributed by atoms with van der Waals surface area (Å²) >= 11 is 0. The lowest BCUT2D eigenvalue weighted by molar-refractivity contribution is 0.0486. The lowest BCUT2D eigenvalue weighted by Gasteiger charge is -2.33. The Morgan fingerprint density at radius 3 is 3.12 bits per heavy atom. The lowest BCUT2D eigenvalue weighted by atomic mass is 10.2. The van der Waals surface area contributed by atoms with Crippen LogP contribution in [0.4, 0.5) is 11.8 Å². The predicted octanol–water partition coefficient (Wildman–Crippen LogP) is -0.104. The van der Waals surface area contributed by atoms with E-state index in [-0.39, 0.29) is 11.7 Å². The number of nitrogens with one attached hydrogen (secondary N) is 1. The maximum atomic E-state index is 12.0. The number of aryl methyl sites for hydroxylation is 1. The molecule has 0 saturated carbocycles. The molecule has 2 aromatic rings. The van der Waals surface area contributed by atoms with E-state index in [1.807, 2.05) is 4.90 Å². The Balaban J connectivity index is 1.63. The summed E-state index contributed by atoms with van der Waals surface area (Å²) in [4.78, 5) is 26.7. The molecule has 0 aromatic carbocycles. The molecule has 0 aliphatic carbocycles. The van der Waals surface area contributed by atoms with Crippen molar-refractivity contribution in [3.05, 3.63) is 35.0 Å². The van der Waals surface area contributed by atoms with Gasteiger partial charge in [-0.05, 0) is 0 Å². The molecule has 1 aliphatic rings. The largest absolute Gasteiger partial charge is 0.481 e. The Kier molecular flexibility index (Phi) is 4.90. The monoisotopic (exact) mass is 332 g/mol. The molecule has 0 amide bonds. The van der Waals surface area contributed by atoms with Crippen LogP contribution in [0.5, 0.6) is 5.88 Å². The van der Waals surface area contributed by atoms with Gasteiger partial charge in [-0.1, -0.05) is 0 Å². The van der Waals surface area contributed by atoms with E-state index in [0.29, 0.717) is 43.9 Å². The molecule has 1 N–H and O–H groups in total. The van der Waals surface area contributed by atoms with Gasteiger partial charge in [0.05, 0.1) is 19.8 Å². The van der Waals surface area contributed by atoms with Crippen molar-refractivity contribution in [3.63, 3.8) is 0 Å². The minimum atomic E-state index is -0.165. The number of anilines is 2. The van der Waals surface area contributed by atoms with Crippen LogP contribution in [0.1, 0.15) is 0 Å². The Bertz CT molecular complexity index is 750. The van der Waals surface area contributed by atoms with E-state index in [4.69, 9.17) is 9.47 Å². The van der Waals surface area contributed by atoms with Crippen LogP contribution in [-0.4, -0.2) is 59.0 Å². The molecular weight excluding hydrogens is 312 g/mol. The fraction of sp³-hybridized carbons (Fsp3) is 0.467. The Labute approximate surface area is 139 Å². The molecule has 3 heterocycles. The zero-order valence-corrected chi connectivity index (χ0v) is 13.7. The maximum Gasteiger partial charge on any atom is 0.293 e. The molecule has 1 aliphatic heterocycles. The average Bonchev–Trinajstić information content (AvgIpc) is 2.63. The number of nitrogens with zero attached hydrogens (tertiary/aromatic N) is 5. The van der Waals surface area contributed by atoms with Gasteiger partial charge in [-0.2, -0.15) is 4.98 Å². The van der Waals surface area contributed by atoms with Crippen molar-refractivity contribution in [2.24, 2.45) is 7.05 Å². The van der Waals surface area contributed by atoms with Gasteiger partial charge in [0.15, 0.2) is 5.82 Å². The molecule has 1 atom stereocenters. The number of morpholine rings is 1. The van der Waals surface area contributed by atoms with Gasteiger partial charge in [0.1, 0.15) is 0 Å². The molecule has 3 rings (SSSR count). The molecule has 1 fully saturated rings. The minimum Gasteiger partial charge on any atom is -0.481 e. The molecular formula is C15H20N6O3. The second-order valence-corrected chi connectivity index (χ2v) is 5.41. The highest BCUT2D eigenvalue weighted by Gasteiger charge is 2.23. The Morgan fingerprint density at radius 2 is 2.29 bits per heavy atom. The summed E-state index contributed by atoms with van der Waals surface area (Å²) in [5.74, 6) is 1.45. The number of aromatic nitrogens is 4. The second-order valence-electron chi connectivity index (χ2n) is 5.41. The highest BCUT2D eigenvalue weighted by Crippen LogP contribution is 2.15. The predicted molar refractivity (Wildman–Crippen MR) is 88.5 cm³/mol. The van der Waals surface area contributed by atoms with Crippen molar-refractivity contribution in [1.82, 2.24) is 19.5 Å². The SMILES string of the molecule is COc1ccnc(N2CCO[C@@H](CNc3nccn(C)c3=O)C2)n1. The summed E-state index contributed by atoms with van der Waals surface area (Å²) < 4.78 is 12.4. The zero-order valence-electron chi connectivity index (χ0n) is 13.7. The van der Waals surface area contributed by atoms with Gasteiger partial charge in [-0.3, -0.25) is 4.79 Å². The highest BCUT2D eigenvalue weighted by molar-refractivity contribution is 5.34. The second kappa shape index (κ2) is 7.26. The van der Waals surface area contributed by atoms with Crippen LogP contribution in [0, 0.1) is 0 Å². The normalized spacial score (nSPS) is 17.6. The first-order valence-electron chi connectivity index (χ1n) is 7.66. The number of hydrogen-bond acceptors (Lipinski definition) is 8. The van der Waals surface area contributed by atoms with Crippen molar-refractivity contribution < 1.29 is 9.47 Å². The van der Waals surface area contributed by atoms with Gasteiger partial charge in [-0.15, -0.1) is 0 Å². The van der Waals surface area contributed by atoms with E-state index < -0.39 is 0 Å². The van der Waals surface area contributed by atoms with E-state index in [9.17, 15) is 4.79 Å². The topological polar surface area (TPSA) is 94.4 Å². The minimum absolute atomic E-state index is 0.0970. The summed E-state index contributed by atoms with van der Waals surface area (Å²) in [6, 6.07) is 1.71. The third kappa shape index (κ3) is 3.62. The van der Waals surface area contributed by atoms with Crippen molar-refractivity contribution in [1.29, 1.82) is 0 Å². The smallest absolute Gasteiger partial charge is 0.293 e. The number of methoxy groups -OCH3 is 1. The first-order chi connectivity index (χ1) is 11.7. The van der Waals surface area contributed by atoms with Crippen LogP contribution in [-0.2, 0) is 11.8 Å². The van der Waals surface area contributed by atoms with Crippen LogP contribution in [0.15, 0.2) is 29.5 Å². The van der Waals surface area contributed by atoms with Gasteiger partial charge in [0.2, 0.25) is 11.8 Å². The molecule has 0 bridgehead atoms. The third-order valence-electron chi connectivity index (χ3n) is 3.76.